The molecule has 0 aliphatic carbocycles. The van der Waals surface area contributed by atoms with E-state index >= 15 is 0 Å². The van der Waals surface area contributed by atoms with Crippen LogP contribution in [0, 0.1) is 11.3 Å². The molecule has 182 valence electrons. The Morgan fingerprint density at radius 1 is 1.23 bits per heavy atom. The predicted octanol–water partition coefficient (Wildman–Crippen LogP) is 2.67. The summed E-state index contributed by atoms with van der Waals surface area (Å²) in [6, 6.07) is 7.65. The average Bonchev–Trinajstić information content (AvgIpc) is 2.82. The molecule has 0 saturated carbocycles. The third kappa shape index (κ3) is 6.15. The molecule has 35 heavy (non-hydrogen) atoms. The molecule has 0 radical (unpaired) electrons. The van der Waals surface area contributed by atoms with Crippen LogP contribution in [0.25, 0.3) is 16.6 Å². The number of nitrogens with zero attached hydrogens (tertiary/aromatic N) is 5. The Morgan fingerprint density at radius 2 is 2.06 bits per heavy atom. The molecule has 0 atom stereocenters. The molecule has 1 saturated heterocycles. The molecule has 1 amide bonds. The highest BCUT2D eigenvalue weighted by atomic mass is 16.1. The van der Waals surface area contributed by atoms with Crippen LogP contribution in [-0.4, -0.2) is 63.4 Å². The number of amides is 1. The first-order valence-corrected chi connectivity index (χ1v) is 11.8. The number of anilines is 2. The first kappa shape index (κ1) is 24.2. The lowest BCUT2D eigenvalue weighted by atomic mass is 9.99. The van der Waals surface area contributed by atoms with Crippen LogP contribution >= 0.6 is 0 Å². The van der Waals surface area contributed by atoms with Gasteiger partial charge in [0, 0.05) is 49.4 Å². The van der Waals surface area contributed by atoms with Crippen molar-refractivity contribution in [2.75, 3.05) is 31.5 Å². The van der Waals surface area contributed by atoms with Gasteiger partial charge in [0.2, 0.25) is 5.91 Å². The molecule has 1 fully saturated rings. The van der Waals surface area contributed by atoms with Crippen molar-refractivity contribution >= 4 is 40.4 Å². The van der Waals surface area contributed by atoms with Gasteiger partial charge >= 0.3 is 0 Å². The maximum atomic E-state index is 11.1. The van der Waals surface area contributed by atoms with E-state index in [1.54, 1.807) is 12.4 Å². The molecule has 0 aromatic carbocycles. The van der Waals surface area contributed by atoms with Gasteiger partial charge in [0.25, 0.3) is 0 Å². The van der Waals surface area contributed by atoms with Crippen molar-refractivity contribution in [3.05, 3.63) is 54.0 Å². The number of hydrogen-bond acceptors (Lipinski definition) is 9. The number of nitrogens with two attached hydrogens (primary N) is 1. The number of pyridine rings is 2. The van der Waals surface area contributed by atoms with Crippen molar-refractivity contribution in [3.63, 3.8) is 0 Å². The van der Waals surface area contributed by atoms with Gasteiger partial charge in [-0.3, -0.25) is 9.78 Å². The van der Waals surface area contributed by atoms with Crippen LogP contribution in [0.2, 0.25) is 0 Å². The molecule has 3 aromatic rings. The third-order valence-corrected chi connectivity index (χ3v) is 6.04. The van der Waals surface area contributed by atoms with Crippen LogP contribution in [0.1, 0.15) is 37.3 Å². The Kier molecular flexibility index (Phi) is 7.61. The Bertz CT molecular complexity index is 1230. The Balaban J connectivity index is 1.38. The van der Waals surface area contributed by atoms with Gasteiger partial charge in [0.15, 0.2) is 5.82 Å². The average molecular weight is 474 g/mol. The van der Waals surface area contributed by atoms with Crippen molar-refractivity contribution < 1.29 is 4.79 Å². The van der Waals surface area contributed by atoms with Crippen molar-refractivity contribution in [3.8, 4) is 0 Å². The van der Waals surface area contributed by atoms with Crippen molar-refractivity contribution in [2.24, 2.45) is 11.7 Å². The van der Waals surface area contributed by atoms with E-state index in [1.165, 1.54) is 6.21 Å². The van der Waals surface area contributed by atoms with E-state index in [0.717, 1.165) is 54.8 Å². The Morgan fingerprint density at radius 3 is 2.80 bits per heavy atom. The summed E-state index contributed by atoms with van der Waals surface area (Å²) in [5.74, 6) is 1.42. The minimum Gasteiger partial charge on any atom is -0.390 e. The molecule has 1 aliphatic heterocycles. The Hall–Kier alpha value is -3.92. The molecule has 0 spiro atoms. The lowest BCUT2D eigenvalue weighted by Crippen LogP contribution is -2.52. The lowest BCUT2D eigenvalue weighted by Gasteiger charge is -2.37. The molecular formula is C25H31N9O. The molecule has 5 N–H and O–H groups in total. The zero-order valence-corrected chi connectivity index (χ0v) is 20.0. The number of likely N-dealkylation sites (tertiary alicyclic amines) is 1. The van der Waals surface area contributed by atoms with E-state index in [0.29, 0.717) is 23.1 Å². The summed E-state index contributed by atoms with van der Waals surface area (Å²) in [5, 5.41) is 22.5. The Labute approximate surface area is 204 Å². The van der Waals surface area contributed by atoms with Crippen molar-refractivity contribution in [1.29, 1.82) is 5.41 Å². The van der Waals surface area contributed by atoms with Gasteiger partial charge in [-0.25, -0.2) is 4.98 Å². The highest BCUT2D eigenvalue weighted by Gasteiger charge is 2.30. The third-order valence-electron chi connectivity index (χ3n) is 6.04. The number of fused-ring (bicyclic) bond motifs is 1. The van der Waals surface area contributed by atoms with Gasteiger partial charge in [0.1, 0.15) is 5.82 Å². The quantitative estimate of drug-likeness (QED) is 0.246. The zero-order valence-electron chi connectivity index (χ0n) is 20.0. The second-order valence-corrected chi connectivity index (χ2v) is 9.02. The molecule has 4 heterocycles. The molecule has 1 aliphatic rings. The van der Waals surface area contributed by atoms with Crippen LogP contribution in [-0.2, 0) is 4.79 Å². The van der Waals surface area contributed by atoms with Gasteiger partial charge in [-0.1, -0.05) is 13.8 Å². The maximum absolute atomic E-state index is 11.1. The van der Waals surface area contributed by atoms with E-state index in [1.807, 2.05) is 30.5 Å². The summed E-state index contributed by atoms with van der Waals surface area (Å²) in [6.07, 6.45) is 7.58. The first-order chi connectivity index (χ1) is 16.9. The summed E-state index contributed by atoms with van der Waals surface area (Å²) in [5.41, 5.74) is 9.41. The van der Waals surface area contributed by atoms with E-state index < -0.39 is 0 Å². The fourth-order valence-electron chi connectivity index (χ4n) is 3.85. The monoisotopic (exact) mass is 473 g/mol. The summed E-state index contributed by atoms with van der Waals surface area (Å²) in [4.78, 5) is 22.5. The van der Waals surface area contributed by atoms with Gasteiger partial charge in [0.05, 0.1) is 23.1 Å². The summed E-state index contributed by atoms with van der Waals surface area (Å²) < 4.78 is 0. The van der Waals surface area contributed by atoms with E-state index in [2.05, 4.69) is 49.5 Å². The standard InChI is InChI=1S/C25H31N9O/c1-16(2)17-9-24(33-30-13-17)32-23-5-4-21-22(31-23)8-18(12-29-21)19(10-26)11-28-6-3-7-34-14-20(15-34)25(27)35/h4-5,8-13,16,20,26,28H,3,6-7,14-15H2,1-2H3,(H2,27,35)(H,31,32,33)/b19-11+,26-10?. The van der Waals surface area contributed by atoms with Crippen LogP contribution < -0.4 is 16.4 Å². The largest absolute Gasteiger partial charge is 0.390 e. The van der Waals surface area contributed by atoms with E-state index in [4.69, 9.17) is 11.1 Å². The number of allylic oxidation sites excluding steroid dienone is 1. The number of carbonyl (C=O) groups is 1. The molecule has 10 nitrogen and oxygen atoms in total. The fourth-order valence-corrected chi connectivity index (χ4v) is 3.85. The number of carbonyl (C=O) groups excluding carboxylic acids is 1. The van der Waals surface area contributed by atoms with Gasteiger partial charge in [-0.15, -0.1) is 5.10 Å². The van der Waals surface area contributed by atoms with Crippen molar-refractivity contribution in [2.45, 2.75) is 26.2 Å². The normalized spacial score (nSPS) is 14.7. The van der Waals surface area contributed by atoms with Gasteiger partial charge in [-0.05, 0) is 48.7 Å². The van der Waals surface area contributed by atoms with Crippen LogP contribution in [0.4, 0.5) is 11.6 Å². The second-order valence-electron chi connectivity index (χ2n) is 9.02. The predicted molar refractivity (Wildman–Crippen MR) is 137 cm³/mol. The highest BCUT2D eigenvalue weighted by molar-refractivity contribution is 6.08. The second kappa shape index (κ2) is 11.0. The first-order valence-electron chi connectivity index (χ1n) is 11.8. The summed E-state index contributed by atoms with van der Waals surface area (Å²) in [6.45, 7) is 7.39. The topological polar surface area (TPSA) is 146 Å². The van der Waals surface area contributed by atoms with Crippen molar-refractivity contribution in [1.82, 2.24) is 30.4 Å². The minimum absolute atomic E-state index is 0.00441. The molecule has 0 bridgehead atoms. The zero-order chi connectivity index (χ0) is 24.8. The summed E-state index contributed by atoms with van der Waals surface area (Å²) in [7, 11) is 0. The lowest BCUT2D eigenvalue weighted by molar-refractivity contribution is -0.126. The van der Waals surface area contributed by atoms with Gasteiger partial charge in [-0.2, -0.15) is 5.10 Å². The molecule has 4 rings (SSSR count). The van der Waals surface area contributed by atoms with E-state index in [-0.39, 0.29) is 11.8 Å². The minimum atomic E-state index is -0.215. The number of rotatable bonds is 11. The molecule has 0 unspecified atom stereocenters. The number of nitrogens with one attached hydrogen (secondary N) is 3. The SMILES string of the molecule is CC(C)c1cnnc(Nc2ccc3ncc(/C(C=N)=C/NCCCN4CC(C(N)=O)C4)cc3n2)c1. The number of primary amides is 1. The van der Waals surface area contributed by atoms with Crippen LogP contribution in [0.3, 0.4) is 0 Å². The number of aromatic nitrogens is 4. The maximum Gasteiger partial charge on any atom is 0.223 e. The summed E-state index contributed by atoms with van der Waals surface area (Å²) >= 11 is 0. The number of hydrogen-bond donors (Lipinski definition) is 4. The van der Waals surface area contributed by atoms with Crippen LogP contribution in [0.15, 0.2) is 42.9 Å². The fraction of sp³-hybridized carbons (Fsp3) is 0.360. The molecule has 3 aromatic heterocycles. The molecular weight excluding hydrogens is 442 g/mol. The molecule has 10 heteroatoms. The van der Waals surface area contributed by atoms with Crippen LogP contribution in [0.5, 0.6) is 0 Å². The van der Waals surface area contributed by atoms with E-state index in [9.17, 15) is 4.79 Å². The highest BCUT2D eigenvalue weighted by Crippen LogP contribution is 2.22. The smallest absolute Gasteiger partial charge is 0.223 e. The van der Waals surface area contributed by atoms with Gasteiger partial charge < -0.3 is 26.7 Å².